The Balaban J connectivity index is 1.54. The Morgan fingerprint density at radius 3 is 2.07 bits per heavy atom. The van der Waals surface area contributed by atoms with Gasteiger partial charge in [0.25, 0.3) is 0 Å². The highest BCUT2D eigenvalue weighted by molar-refractivity contribution is 5.81. The zero-order chi connectivity index (χ0) is 33.5. The lowest BCUT2D eigenvalue weighted by molar-refractivity contribution is -0.163. The topological polar surface area (TPSA) is 53.1 Å². The molecule has 0 unspecified atom stereocenters. The molecule has 2 fully saturated rings. The number of carbonyl (C=O) groups is 2. The molecule has 0 bridgehead atoms. The molecule has 0 aromatic heterocycles. The Bertz CT molecular complexity index is 1360. The smallest absolute Gasteiger partial charge is 0.324 e. The lowest BCUT2D eigenvalue weighted by Crippen LogP contribution is -2.60. The van der Waals surface area contributed by atoms with Crippen molar-refractivity contribution in [3.05, 3.63) is 70.8 Å². The van der Waals surface area contributed by atoms with Gasteiger partial charge in [-0.15, -0.1) is 0 Å². The van der Waals surface area contributed by atoms with E-state index in [0.29, 0.717) is 44.7 Å². The molecule has 0 saturated carbocycles. The summed E-state index contributed by atoms with van der Waals surface area (Å²) in [6, 6.07) is 11.5. The number of benzene rings is 2. The minimum atomic E-state index is -0.626. The van der Waals surface area contributed by atoms with Gasteiger partial charge in [0.15, 0.2) is 0 Å². The molecule has 248 valence electrons. The van der Waals surface area contributed by atoms with Crippen LogP contribution in [0.25, 0.3) is 0 Å². The normalized spacial score (nSPS) is 22.8. The lowest BCUT2D eigenvalue weighted by atomic mass is 9.86. The predicted molar refractivity (Wildman–Crippen MR) is 175 cm³/mol. The molecule has 8 heteroatoms. The molecule has 2 aliphatic rings. The van der Waals surface area contributed by atoms with E-state index in [4.69, 9.17) is 4.74 Å². The maximum absolute atomic E-state index is 15.0. The number of esters is 1. The molecule has 4 atom stereocenters. The largest absolute Gasteiger partial charge is 0.459 e. The van der Waals surface area contributed by atoms with E-state index >= 15 is 4.39 Å². The van der Waals surface area contributed by atoms with Gasteiger partial charge in [0.05, 0.1) is 5.92 Å². The number of halogens is 2. The van der Waals surface area contributed by atoms with E-state index in [-0.39, 0.29) is 34.8 Å². The molecule has 2 saturated heterocycles. The molecule has 0 radical (unpaired) electrons. The van der Waals surface area contributed by atoms with Gasteiger partial charge >= 0.3 is 5.97 Å². The van der Waals surface area contributed by atoms with Crippen LogP contribution in [-0.2, 0) is 26.2 Å². The van der Waals surface area contributed by atoms with Crippen molar-refractivity contribution >= 4 is 11.9 Å². The third-order valence-electron chi connectivity index (χ3n) is 9.26. The average Bonchev–Trinajstić information content (AvgIpc) is 3.36. The first-order valence-electron chi connectivity index (χ1n) is 16.3. The van der Waals surface area contributed by atoms with E-state index in [1.165, 1.54) is 17.7 Å². The SMILES string of the molecule is C[C@H]1CN([C@@H](Cc2ccc(C(C)(C)C)cc2)C(=O)OC(C)(C)C)CCN1C(=O)[C@@H]1CN(C(C)(C)C)C[C@H]1c1ccc(F)cc1F. The molecule has 2 aromatic rings. The molecular formula is C37H53F2N3O3. The van der Waals surface area contributed by atoms with Crippen molar-refractivity contribution in [3.8, 4) is 0 Å². The van der Waals surface area contributed by atoms with Crippen molar-refractivity contribution in [1.82, 2.24) is 14.7 Å². The molecule has 0 spiro atoms. The number of hydrogen-bond donors (Lipinski definition) is 0. The number of ether oxygens (including phenoxy) is 1. The molecule has 0 N–H and O–H groups in total. The first-order valence-corrected chi connectivity index (χ1v) is 16.3. The van der Waals surface area contributed by atoms with E-state index < -0.39 is 29.2 Å². The summed E-state index contributed by atoms with van der Waals surface area (Å²) in [5, 5.41) is 0. The summed E-state index contributed by atoms with van der Waals surface area (Å²) in [7, 11) is 0. The van der Waals surface area contributed by atoms with E-state index in [2.05, 4.69) is 75.6 Å². The minimum absolute atomic E-state index is 0.0192. The molecule has 2 aromatic carbocycles. The lowest BCUT2D eigenvalue weighted by Gasteiger charge is -2.44. The van der Waals surface area contributed by atoms with Crippen molar-refractivity contribution in [2.45, 2.75) is 110 Å². The highest BCUT2D eigenvalue weighted by Gasteiger charge is 2.46. The fraction of sp³-hybridized carbons (Fsp3) is 0.622. The number of amides is 1. The van der Waals surface area contributed by atoms with Crippen molar-refractivity contribution in [3.63, 3.8) is 0 Å². The van der Waals surface area contributed by atoms with Gasteiger partial charge in [0.1, 0.15) is 23.3 Å². The number of rotatable bonds is 6. The van der Waals surface area contributed by atoms with Crippen LogP contribution in [-0.4, -0.2) is 82.5 Å². The molecule has 2 aliphatic heterocycles. The van der Waals surface area contributed by atoms with Crippen LogP contribution in [0.15, 0.2) is 42.5 Å². The van der Waals surface area contributed by atoms with Crippen LogP contribution < -0.4 is 0 Å². The van der Waals surface area contributed by atoms with Gasteiger partial charge in [-0.1, -0.05) is 51.1 Å². The van der Waals surface area contributed by atoms with Crippen LogP contribution >= 0.6 is 0 Å². The molecular weight excluding hydrogens is 572 g/mol. The van der Waals surface area contributed by atoms with Crippen LogP contribution in [0.2, 0.25) is 0 Å². The second-order valence-electron chi connectivity index (χ2n) is 16.0. The summed E-state index contributed by atoms with van der Waals surface area (Å²) in [5.74, 6) is -2.36. The maximum Gasteiger partial charge on any atom is 0.324 e. The van der Waals surface area contributed by atoms with Crippen molar-refractivity contribution in [2.24, 2.45) is 5.92 Å². The summed E-state index contributed by atoms with van der Waals surface area (Å²) in [6.07, 6.45) is 0.509. The van der Waals surface area contributed by atoms with Crippen molar-refractivity contribution in [1.29, 1.82) is 0 Å². The Kier molecular flexibility index (Phi) is 10.2. The number of nitrogens with zero attached hydrogens (tertiary/aromatic N) is 3. The third kappa shape index (κ3) is 8.50. The fourth-order valence-corrected chi connectivity index (χ4v) is 6.62. The van der Waals surface area contributed by atoms with Crippen LogP contribution in [0.3, 0.4) is 0 Å². The summed E-state index contributed by atoms with van der Waals surface area (Å²) < 4.78 is 34.7. The molecule has 4 rings (SSSR count). The molecule has 6 nitrogen and oxygen atoms in total. The number of likely N-dealkylation sites (tertiary alicyclic amines) is 1. The van der Waals surface area contributed by atoms with E-state index in [0.717, 1.165) is 11.6 Å². The third-order valence-corrected chi connectivity index (χ3v) is 9.26. The van der Waals surface area contributed by atoms with Crippen molar-refractivity contribution in [2.75, 3.05) is 32.7 Å². The summed E-state index contributed by atoms with van der Waals surface area (Å²) in [4.78, 5) is 34.1. The van der Waals surface area contributed by atoms with Gasteiger partial charge in [-0.2, -0.15) is 0 Å². The molecule has 1 amide bonds. The van der Waals surface area contributed by atoms with E-state index in [9.17, 15) is 14.0 Å². The minimum Gasteiger partial charge on any atom is -0.459 e. The monoisotopic (exact) mass is 625 g/mol. The first-order chi connectivity index (χ1) is 20.7. The van der Waals surface area contributed by atoms with Gasteiger partial charge in [-0.3, -0.25) is 19.4 Å². The quantitative estimate of drug-likeness (QED) is 0.341. The molecule has 45 heavy (non-hydrogen) atoms. The number of piperazine rings is 1. The Labute approximate surface area is 269 Å². The summed E-state index contributed by atoms with van der Waals surface area (Å²) in [5.41, 5.74) is 1.88. The van der Waals surface area contributed by atoms with Crippen LogP contribution in [0.1, 0.15) is 91.8 Å². The van der Waals surface area contributed by atoms with E-state index in [1.807, 2.05) is 32.6 Å². The molecule has 0 aliphatic carbocycles. The van der Waals surface area contributed by atoms with Crippen LogP contribution in [0.5, 0.6) is 0 Å². The zero-order valence-electron chi connectivity index (χ0n) is 28.9. The van der Waals surface area contributed by atoms with Gasteiger partial charge in [-0.25, -0.2) is 8.78 Å². The van der Waals surface area contributed by atoms with Gasteiger partial charge in [0, 0.05) is 56.3 Å². The zero-order valence-corrected chi connectivity index (χ0v) is 28.9. The summed E-state index contributed by atoms with van der Waals surface area (Å²) >= 11 is 0. The number of hydrogen-bond acceptors (Lipinski definition) is 5. The fourth-order valence-electron chi connectivity index (χ4n) is 6.62. The Morgan fingerprint density at radius 1 is 0.889 bits per heavy atom. The van der Waals surface area contributed by atoms with Crippen LogP contribution in [0, 0.1) is 17.6 Å². The number of carbonyl (C=O) groups excluding carboxylic acids is 2. The highest BCUT2D eigenvalue weighted by Crippen LogP contribution is 2.39. The standard InChI is InChI=1S/C37H53F2N3O3/c1-24-21-40(32(34(44)45-37(8,9)10)19-25-11-13-26(14-12-25)35(2,3)4)17-18-42(24)33(43)30-23-41(36(5,6)7)22-29(30)28-16-15-27(38)20-31(28)39/h11-16,20,24,29-30,32H,17-19,21-23H2,1-10H3/t24-,29-,30+,32-/m0/s1. The second-order valence-corrected chi connectivity index (χ2v) is 16.0. The Morgan fingerprint density at radius 2 is 1.53 bits per heavy atom. The van der Waals surface area contributed by atoms with Crippen LogP contribution in [0.4, 0.5) is 8.78 Å². The average molecular weight is 626 g/mol. The predicted octanol–water partition coefficient (Wildman–Crippen LogP) is 6.56. The molecule has 2 heterocycles. The van der Waals surface area contributed by atoms with Crippen molar-refractivity contribution < 1.29 is 23.1 Å². The highest BCUT2D eigenvalue weighted by atomic mass is 19.1. The maximum atomic E-state index is 15.0. The van der Waals surface area contributed by atoms with Gasteiger partial charge in [-0.05, 0) is 83.1 Å². The first kappa shape index (κ1) is 35.0. The van der Waals surface area contributed by atoms with Gasteiger partial charge in [0.2, 0.25) is 5.91 Å². The second kappa shape index (κ2) is 13.1. The van der Waals surface area contributed by atoms with Gasteiger partial charge < -0.3 is 9.64 Å². The van der Waals surface area contributed by atoms with E-state index in [1.54, 1.807) is 0 Å². The Hall–Kier alpha value is -2.84. The summed E-state index contributed by atoms with van der Waals surface area (Å²) in [6.45, 7) is 23.0.